The van der Waals surface area contributed by atoms with Gasteiger partial charge in [-0.25, -0.2) is 13.1 Å². The number of hydrogen-bond acceptors (Lipinski definition) is 4. The minimum absolute atomic E-state index is 0.0225. The van der Waals surface area contributed by atoms with E-state index in [4.69, 9.17) is 12.2 Å². The zero-order valence-electron chi connectivity index (χ0n) is 16.5. The van der Waals surface area contributed by atoms with Crippen LogP contribution in [0.3, 0.4) is 0 Å². The van der Waals surface area contributed by atoms with E-state index in [0.29, 0.717) is 10.8 Å². The number of benzene rings is 3. The maximum absolute atomic E-state index is 12.5. The highest BCUT2D eigenvalue weighted by Crippen LogP contribution is 2.18. The number of sulfonamides is 1. The van der Waals surface area contributed by atoms with Crippen LogP contribution in [0.15, 0.2) is 77.7 Å². The van der Waals surface area contributed by atoms with Gasteiger partial charge in [0.05, 0.1) is 4.90 Å². The number of thiocarbonyl (C=S) groups is 1. The van der Waals surface area contributed by atoms with Gasteiger partial charge < -0.3 is 10.6 Å². The Hall–Kier alpha value is -3.23. The lowest BCUT2D eigenvalue weighted by molar-refractivity contribution is 0.0981. The highest BCUT2D eigenvalue weighted by atomic mass is 32.2. The molecule has 0 aliphatic heterocycles. The van der Waals surface area contributed by atoms with Crippen molar-refractivity contribution in [2.75, 3.05) is 10.6 Å². The van der Waals surface area contributed by atoms with Crippen LogP contribution < -0.4 is 15.4 Å². The number of carbonyl (C=O) groups is 1. The normalized spacial score (nSPS) is 10.9. The lowest BCUT2D eigenvalue weighted by Crippen LogP contribution is -2.30. The van der Waals surface area contributed by atoms with E-state index in [0.717, 1.165) is 16.8 Å². The molecule has 0 atom stereocenters. The van der Waals surface area contributed by atoms with Crippen molar-refractivity contribution >= 4 is 44.6 Å². The molecular weight excluding hydrogens is 418 g/mol. The van der Waals surface area contributed by atoms with Gasteiger partial charge in [-0.15, -0.1) is 0 Å². The SMILES string of the molecule is Cc1ccc(C)c(NC(=S)Nc2ccc(S(=O)(=O)NC(=O)c3ccccc3)cc2)c1. The fourth-order valence-electron chi connectivity index (χ4n) is 2.70. The van der Waals surface area contributed by atoms with Crippen LogP contribution in [0.1, 0.15) is 21.5 Å². The van der Waals surface area contributed by atoms with Crippen LogP contribution in [0, 0.1) is 13.8 Å². The van der Waals surface area contributed by atoms with Gasteiger partial charge in [0.2, 0.25) is 0 Å². The smallest absolute Gasteiger partial charge is 0.264 e. The van der Waals surface area contributed by atoms with Crippen molar-refractivity contribution in [3.63, 3.8) is 0 Å². The summed E-state index contributed by atoms with van der Waals surface area (Å²) < 4.78 is 27.0. The minimum atomic E-state index is -3.99. The quantitative estimate of drug-likeness (QED) is 0.516. The third-order valence-electron chi connectivity index (χ3n) is 4.33. The maximum Gasteiger partial charge on any atom is 0.264 e. The molecule has 3 aromatic carbocycles. The Balaban J connectivity index is 1.66. The largest absolute Gasteiger partial charge is 0.332 e. The van der Waals surface area contributed by atoms with E-state index in [1.807, 2.05) is 32.0 Å². The standard InChI is InChI=1S/C22H21N3O3S2/c1-15-8-9-16(2)20(14-15)24-22(29)23-18-10-12-19(13-11-18)30(27,28)25-21(26)17-6-4-3-5-7-17/h3-14H,1-2H3,(H,25,26)(H2,23,24,29). The van der Waals surface area contributed by atoms with E-state index in [2.05, 4.69) is 15.4 Å². The second kappa shape index (κ2) is 9.06. The molecule has 0 aliphatic carbocycles. The highest BCUT2D eigenvalue weighted by Gasteiger charge is 2.18. The Morgan fingerprint density at radius 3 is 2.20 bits per heavy atom. The first-order valence-electron chi connectivity index (χ1n) is 9.12. The Morgan fingerprint density at radius 2 is 1.53 bits per heavy atom. The van der Waals surface area contributed by atoms with Gasteiger partial charge in [-0.2, -0.15) is 0 Å². The molecule has 0 bridgehead atoms. The molecule has 0 radical (unpaired) electrons. The van der Waals surface area contributed by atoms with E-state index < -0.39 is 15.9 Å². The maximum atomic E-state index is 12.5. The van der Waals surface area contributed by atoms with Crippen molar-refractivity contribution in [2.24, 2.45) is 0 Å². The average molecular weight is 440 g/mol. The molecule has 0 fully saturated rings. The van der Waals surface area contributed by atoms with Gasteiger partial charge in [0, 0.05) is 16.9 Å². The number of anilines is 2. The van der Waals surface area contributed by atoms with Crippen molar-refractivity contribution in [1.82, 2.24) is 4.72 Å². The summed E-state index contributed by atoms with van der Waals surface area (Å²) >= 11 is 5.34. The van der Waals surface area contributed by atoms with Crippen molar-refractivity contribution in [1.29, 1.82) is 0 Å². The molecule has 3 N–H and O–H groups in total. The number of amides is 1. The summed E-state index contributed by atoms with van der Waals surface area (Å²) in [5, 5.41) is 6.54. The summed E-state index contributed by atoms with van der Waals surface area (Å²) in [5.41, 5.74) is 3.95. The van der Waals surface area contributed by atoms with Gasteiger partial charge in [0.1, 0.15) is 0 Å². The summed E-state index contributed by atoms with van der Waals surface area (Å²) in [6, 6.07) is 20.2. The number of hydrogen-bond donors (Lipinski definition) is 3. The second-order valence-electron chi connectivity index (χ2n) is 6.72. The zero-order chi connectivity index (χ0) is 21.7. The predicted molar refractivity (Wildman–Crippen MR) is 123 cm³/mol. The second-order valence-corrected chi connectivity index (χ2v) is 8.81. The predicted octanol–water partition coefficient (Wildman–Crippen LogP) is 4.23. The van der Waals surface area contributed by atoms with E-state index >= 15 is 0 Å². The molecule has 0 saturated carbocycles. The summed E-state index contributed by atoms with van der Waals surface area (Å²) in [5.74, 6) is -0.684. The monoisotopic (exact) mass is 439 g/mol. The first-order valence-corrected chi connectivity index (χ1v) is 11.0. The molecule has 0 aromatic heterocycles. The molecule has 30 heavy (non-hydrogen) atoms. The van der Waals surface area contributed by atoms with Gasteiger partial charge in [0.25, 0.3) is 15.9 Å². The van der Waals surface area contributed by atoms with Crippen molar-refractivity contribution in [3.05, 3.63) is 89.5 Å². The molecular formula is C22H21N3O3S2. The van der Waals surface area contributed by atoms with Crippen LogP contribution in [-0.4, -0.2) is 19.4 Å². The molecule has 0 aliphatic rings. The van der Waals surface area contributed by atoms with Crippen LogP contribution in [0.4, 0.5) is 11.4 Å². The number of carbonyl (C=O) groups excluding carboxylic acids is 1. The first-order chi connectivity index (χ1) is 14.2. The van der Waals surface area contributed by atoms with Gasteiger partial charge in [0.15, 0.2) is 5.11 Å². The van der Waals surface area contributed by atoms with E-state index in [9.17, 15) is 13.2 Å². The van der Waals surface area contributed by atoms with Crippen LogP contribution in [-0.2, 0) is 10.0 Å². The highest BCUT2D eigenvalue weighted by molar-refractivity contribution is 7.90. The lowest BCUT2D eigenvalue weighted by atomic mass is 10.1. The molecule has 6 nitrogen and oxygen atoms in total. The van der Waals surface area contributed by atoms with Gasteiger partial charge in [-0.1, -0.05) is 30.3 Å². The summed E-state index contributed by atoms with van der Waals surface area (Å²) in [6.45, 7) is 3.98. The molecule has 154 valence electrons. The molecule has 0 unspecified atom stereocenters. The van der Waals surface area contributed by atoms with Crippen molar-refractivity contribution in [2.45, 2.75) is 18.7 Å². The van der Waals surface area contributed by atoms with Crippen LogP contribution >= 0.6 is 12.2 Å². The molecule has 8 heteroatoms. The van der Waals surface area contributed by atoms with E-state index in [1.54, 1.807) is 42.5 Å². The molecule has 0 heterocycles. The third-order valence-corrected chi connectivity index (χ3v) is 5.88. The first kappa shape index (κ1) is 21.5. The fourth-order valence-corrected chi connectivity index (χ4v) is 3.90. The Labute approximate surface area is 181 Å². The fraction of sp³-hybridized carbons (Fsp3) is 0.0909. The summed E-state index contributed by atoms with van der Waals surface area (Å²) in [7, 11) is -3.99. The third kappa shape index (κ3) is 5.43. The summed E-state index contributed by atoms with van der Waals surface area (Å²) in [6.07, 6.45) is 0. The van der Waals surface area contributed by atoms with Crippen molar-refractivity contribution < 1.29 is 13.2 Å². The van der Waals surface area contributed by atoms with Gasteiger partial charge >= 0.3 is 0 Å². The molecule has 3 aromatic rings. The van der Waals surface area contributed by atoms with Crippen molar-refractivity contribution in [3.8, 4) is 0 Å². The van der Waals surface area contributed by atoms with Gasteiger partial charge in [-0.05, 0) is 79.7 Å². The van der Waals surface area contributed by atoms with E-state index in [1.165, 1.54) is 12.1 Å². The Morgan fingerprint density at radius 1 is 0.867 bits per heavy atom. The number of aryl methyl sites for hydroxylation is 2. The molecule has 1 amide bonds. The minimum Gasteiger partial charge on any atom is -0.332 e. The van der Waals surface area contributed by atoms with E-state index in [-0.39, 0.29) is 10.5 Å². The summed E-state index contributed by atoms with van der Waals surface area (Å²) in [4.78, 5) is 12.1. The lowest BCUT2D eigenvalue weighted by Gasteiger charge is -2.13. The van der Waals surface area contributed by atoms with Crippen LogP contribution in [0.5, 0.6) is 0 Å². The zero-order valence-corrected chi connectivity index (χ0v) is 18.1. The topological polar surface area (TPSA) is 87.3 Å². The van der Waals surface area contributed by atoms with Crippen LogP contribution in [0.2, 0.25) is 0 Å². The average Bonchev–Trinajstić information content (AvgIpc) is 2.71. The number of nitrogens with one attached hydrogen (secondary N) is 3. The Bertz CT molecular complexity index is 1180. The molecule has 0 spiro atoms. The molecule has 3 rings (SSSR count). The molecule has 0 saturated heterocycles. The Kier molecular flexibility index (Phi) is 6.49. The number of rotatable bonds is 5. The van der Waals surface area contributed by atoms with Gasteiger partial charge in [-0.3, -0.25) is 4.79 Å². The van der Waals surface area contributed by atoms with Crippen LogP contribution in [0.25, 0.3) is 0 Å².